The molecule has 3 nitrogen and oxygen atoms in total. The highest BCUT2D eigenvalue weighted by Crippen LogP contribution is 2.31. The van der Waals surface area contributed by atoms with Crippen molar-refractivity contribution in [1.82, 2.24) is 5.32 Å². The van der Waals surface area contributed by atoms with Crippen LogP contribution in [0.4, 0.5) is 0 Å². The maximum Gasteiger partial charge on any atom is 0.148 e. The molecule has 0 fully saturated rings. The summed E-state index contributed by atoms with van der Waals surface area (Å²) in [6.45, 7) is 7.12. The predicted molar refractivity (Wildman–Crippen MR) is 77.1 cm³/mol. The van der Waals surface area contributed by atoms with Gasteiger partial charge < -0.3 is 14.5 Å². The molecule has 0 spiro atoms. The van der Waals surface area contributed by atoms with Gasteiger partial charge in [0.05, 0.1) is 18.1 Å². The molecule has 1 aromatic heterocycles. The van der Waals surface area contributed by atoms with Crippen molar-refractivity contribution >= 4 is 26.9 Å². The number of ether oxygens (including phenoxy) is 1. The largest absolute Gasteiger partial charge is 0.497 e. The minimum atomic E-state index is 0.0773. The summed E-state index contributed by atoms with van der Waals surface area (Å²) in [5.74, 6) is 1.75. The van der Waals surface area contributed by atoms with Gasteiger partial charge >= 0.3 is 0 Å². The zero-order valence-corrected chi connectivity index (χ0v) is 12.7. The van der Waals surface area contributed by atoms with Crippen LogP contribution in [-0.2, 0) is 6.54 Å². The number of benzene rings is 1. The summed E-state index contributed by atoms with van der Waals surface area (Å²) in [6.07, 6.45) is 0. The predicted octanol–water partition coefficient (Wildman–Crippen LogP) is 4.09. The van der Waals surface area contributed by atoms with Gasteiger partial charge in [0.2, 0.25) is 0 Å². The van der Waals surface area contributed by atoms with Crippen LogP contribution >= 0.6 is 15.9 Å². The van der Waals surface area contributed by atoms with Crippen LogP contribution in [0.2, 0.25) is 0 Å². The van der Waals surface area contributed by atoms with E-state index in [2.05, 4.69) is 42.0 Å². The van der Waals surface area contributed by atoms with E-state index in [1.165, 1.54) is 0 Å². The molecule has 0 aliphatic heterocycles. The molecule has 2 aromatic rings. The Morgan fingerprint density at radius 3 is 2.61 bits per heavy atom. The second-order valence-corrected chi connectivity index (χ2v) is 6.20. The van der Waals surface area contributed by atoms with Crippen molar-refractivity contribution in [3.05, 3.63) is 28.4 Å². The van der Waals surface area contributed by atoms with E-state index in [9.17, 15) is 0 Å². The third kappa shape index (κ3) is 3.06. The summed E-state index contributed by atoms with van der Waals surface area (Å²) in [5.41, 5.74) is 0.940. The van der Waals surface area contributed by atoms with Crippen molar-refractivity contribution in [3.63, 3.8) is 0 Å². The number of fused-ring (bicyclic) bond motifs is 1. The number of methoxy groups -OCH3 is 1. The number of nitrogens with one attached hydrogen (secondary N) is 1. The molecule has 1 N–H and O–H groups in total. The van der Waals surface area contributed by atoms with Crippen LogP contribution < -0.4 is 10.1 Å². The smallest absolute Gasteiger partial charge is 0.148 e. The van der Waals surface area contributed by atoms with Crippen LogP contribution in [0.5, 0.6) is 5.75 Å². The molecule has 0 amide bonds. The quantitative estimate of drug-likeness (QED) is 0.927. The van der Waals surface area contributed by atoms with Gasteiger partial charge in [-0.05, 0) is 54.9 Å². The molecule has 0 atom stereocenters. The second-order valence-electron chi connectivity index (χ2n) is 5.34. The lowest BCUT2D eigenvalue weighted by molar-refractivity contribution is 0.395. The topological polar surface area (TPSA) is 34.4 Å². The summed E-state index contributed by atoms with van der Waals surface area (Å²) in [4.78, 5) is 0. The minimum Gasteiger partial charge on any atom is -0.497 e. The van der Waals surface area contributed by atoms with E-state index in [0.717, 1.165) is 27.0 Å². The maximum atomic E-state index is 5.83. The second kappa shape index (κ2) is 4.94. The van der Waals surface area contributed by atoms with Crippen molar-refractivity contribution in [3.8, 4) is 5.75 Å². The van der Waals surface area contributed by atoms with Crippen molar-refractivity contribution in [2.24, 2.45) is 0 Å². The van der Waals surface area contributed by atoms with Crippen molar-refractivity contribution in [2.75, 3.05) is 7.11 Å². The van der Waals surface area contributed by atoms with Crippen LogP contribution in [0.3, 0.4) is 0 Å². The van der Waals surface area contributed by atoms with Gasteiger partial charge in [-0.1, -0.05) is 0 Å². The molecular weight excluding hydrogens is 294 g/mol. The summed E-state index contributed by atoms with van der Waals surface area (Å²) in [5, 5.41) is 4.45. The summed E-state index contributed by atoms with van der Waals surface area (Å²) in [7, 11) is 1.66. The van der Waals surface area contributed by atoms with Gasteiger partial charge in [0.25, 0.3) is 0 Å². The molecule has 0 unspecified atom stereocenters. The molecule has 2 rings (SSSR count). The van der Waals surface area contributed by atoms with Crippen molar-refractivity contribution < 1.29 is 9.15 Å². The standard InChI is InChI=1S/C14H18BrNO2/c1-14(2,3)16-8-11-6-9-5-10(17-4)7-12(15)13(9)18-11/h5-7,16H,8H2,1-4H3. The van der Waals surface area contributed by atoms with Gasteiger partial charge in [0, 0.05) is 10.9 Å². The summed E-state index contributed by atoms with van der Waals surface area (Å²) < 4.78 is 12.0. The normalized spacial score (nSPS) is 12.1. The summed E-state index contributed by atoms with van der Waals surface area (Å²) in [6, 6.07) is 5.93. The van der Waals surface area contributed by atoms with Gasteiger partial charge in [-0.3, -0.25) is 0 Å². The van der Waals surface area contributed by atoms with E-state index >= 15 is 0 Å². The van der Waals surface area contributed by atoms with Crippen LogP contribution in [0, 0.1) is 0 Å². The molecular formula is C14H18BrNO2. The molecule has 0 bridgehead atoms. The fourth-order valence-electron chi connectivity index (χ4n) is 1.69. The van der Waals surface area contributed by atoms with Crippen molar-refractivity contribution in [1.29, 1.82) is 0 Å². The first-order valence-corrected chi connectivity index (χ1v) is 6.69. The van der Waals surface area contributed by atoms with E-state index in [1.54, 1.807) is 7.11 Å². The monoisotopic (exact) mass is 311 g/mol. The number of hydrogen-bond donors (Lipinski definition) is 1. The van der Waals surface area contributed by atoms with E-state index in [0.29, 0.717) is 6.54 Å². The van der Waals surface area contributed by atoms with E-state index < -0.39 is 0 Å². The SMILES string of the molecule is COc1cc(Br)c2oc(CNC(C)(C)C)cc2c1. The molecule has 18 heavy (non-hydrogen) atoms. The maximum absolute atomic E-state index is 5.83. The lowest BCUT2D eigenvalue weighted by atomic mass is 10.1. The lowest BCUT2D eigenvalue weighted by Crippen LogP contribution is -2.34. The molecule has 98 valence electrons. The Balaban J connectivity index is 2.29. The Bertz CT molecular complexity index is 555. The van der Waals surface area contributed by atoms with Gasteiger partial charge in [0.1, 0.15) is 17.1 Å². The number of halogens is 1. The average molecular weight is 312 g/mol. The van der Waals surface area contributed by atoms with E-state index in [4.69, 9.17) is 9.15 Å². The molecule has 0 radical (unpaired) electrons. The summed E-state index contributed by atoms with van der Waals surface area (Å²) >= 11 is 3.50. The Labute approximate surface area is 116 Å². The Morgan fingerprint density at radius 2 is 2.00 bits per heavy atom. The molecule has 0 saturated heterocycles. The van der Waals surface area contributed by atoms with Gasteiger partial charge in [-0.2, -0.15) is 0 Å². The Morgan fingerprint density at radius 1 is 1.28 bits per heavy atom. The van der Waals surface area contributed by atoms with Crippen molar-refractivity contribution in [2.45, 2.75) is 32.9 Å². The van der Waals surface area contributed by atoms with Gasteiger partial charge in [0.15, 0.2) is 0 Å². The van der Waals surface area contributed by atoms with Crippen LogP contribution in [0.25, 0.3) is 11.0 Å². The first-order chi connectivity index (χ1) is 8.39. The number of hydrogen-bond acceptors (Lipinski definition) is 3. The molecule has 0 aliphatic carbocycles. The van der Waals surface area contributed by atoms with Gasteiger partial charge in [-0.25, -0.2) is 0 Å². The molecule has 4 heteroatoms. The Hall–Kier alpha value is -1.00. The zero-order chi connectivity index (χ0) is 13.3. The fraction of sp³-hybridized carbons (Fsp3) is 0.429. The highest BCUT2D eigenvalue weighted by atomic mass is 79.9. The van der Waals surface area contributed by atoms with Crippen LogP contribution in [0.15, 0.2) is 27.1 Å². The molecule has 0 aliphatic rings. The third-order valence-corrected chi connectivity index (χ3v) is 3.21. The van der Waals surface area contributed by atoms with Crippen LogP contribution in [-0.4, -0.2) is 12.6 Å². The number of furan rings is 1. The Kier molecular flexibility index (Phi) is 3.69. The highest BCUT2D eigenvalue weighted by molar-refractivity contribution is 9.10. The lowest BCUT2D eigenvalue weighted by Gasteiger charge is -2.19. The minimum absolute atomic E-state index is 0.0773. The van der Waals surface area contributed by atoms with Crippen LogP contribution in [0.1, 0.15) is 26.5 Å². The number of rotatable bonds is 3. The molecule has 1 aromatic carbocycles. The first kappa shape index (κ1) is 13.4. The third-order valence-electron chi connectivity index (χ3n) is 2.62. The zero-order valence-electron chi connectivity index (χ0n) is 11.1. The molecule has 0 saturated carbocycles. The van der Waals surface area contributed by atoms with Gasteiger partial charge in [-0.15, -0.1) is 0 Å². The highest BCUT2D eigenvalue weighted by Gasteiger charge is 2.12. The van der Waals surface area contributed by atoms with E-state index in [-0.39, 0.29) is 5.54 Å². The fourth-order valence-corrected chi connectivity index (χ4v) is 2.23. The average Bonchev–Trinajstić information content (AvgIpc) is 2.69. The molecule has 1 heterocycles. The van der Waals surface area contributed by atoms with E-state index in [1.807, 2.05) is 18.2 Å². The first-order valence-electron chi connectivity index (χ1n) is 5.90.